The van der Waals surface area contributed by atoms with Crippen molar-refractivity contribution in [2.45, 2.75) is 20.5 Å². The predicted octanol–water partition coefficient (Wildman–Crippen LogP) is 5.90. The standard InChI is InChI=1S/C23H22ClN3O4/c1-15-7-8-20(9-16(15)2)26-25-13-18-11-21(27(28)29)23(22(12-18)30-3)31-14-17-5-4-6-19(24)10-17/h4-13,26H,14H2,1-3H3. The van der Waals surface area contributed by atoms with E-state index in [9.17, 15) is 10.1 Å². The molecule has 7 nitrogen and oxygen atoms in total. The fourth-order valence-electron chi connectivity index (χ4n) is 2.89. The Morgan fingerprint density at radius 3 is 2.61 bits per heavy atom. The molecule has 0 fully saturated rings. The molecule has 0 radical (unpaired) electrons. The zero-order chi connectivity index (χ0) is 22.4. The number of nitrogens with one attached hydrogen (secondary N) is 1. The molecule has 160 valence electrons. The molecule has 0 saturated carbocycles. The maximum absolute atomic E-state index is 11.7. The molecule has 0 atom stereocenters. The Kier molecular flexibility index (Phi) is 7.10. The van der Waals surface area contributed by atoms with Crippen LogP contribution in [0.25, 0.3) is 0 Å². The minimum Gasteiger partial charge on any atom is -0.493 e. The minimum atomic E-state index is -0.510. The van der Waals surface area contributed by atoms with Gasteiger partial charge in [0, 0.05) is 16.7 Å². The summed E-state index contributed by atoms with van der Waals surface area (Å²) >= 11 is 5.99. The average molecular weight is 440 g/mol. The molecule has 0 aliphatic rings. The molecular formula is C23H22ClN3O4. The molecule has 0 amide bonds. The highest BCUT2D eigenvalue weighted by atomic mass is 35.5. The van der Waals surface area contributed by atoms with Crippen molar-refractivity contribution in [2.75, 3.05) is 12.5 Å². The van der Waals surface area contributed by atoms with Crippen LogP contribution in [-0.4, -0.2) is 18.2 Å². The molecule has 0 spiro atoms. The summed E-state index contributed by atoms with van der Waals surface area (Å²) in [6, 6.07) is 16.0. The predicted molar refractivity (Wildman–Crippen MR) is 123 cm³/mol. The van der Waals surface area contributed by atoms with E-state index in [1.807, 2.05) is 38.1 Å². The molecule has 0 bridgehead atoms. The molecule has 3 rings (SSSR count). The summed E-state index contributed by atoms with van der Waals surface area (Å²) in [5, 5.41) is 16.4. The highest BCUT2D eigenvalue weighted by Gasteiger charge is 2.22. The van der Waals surface area contributed by atoms with Crippen LogP contribution < -0.4 is 14.9 Å². The van der Waals surface area contributed by atoms with Gasteiger partial charge in [-0.25, -0.2) is 0 Å². The Balaban J connectivity index is 1.83. The summed E-state index contributed by atoms with van der Waals surface area (Å²) in [5.41, 5.74) is 7.14. The first-order valence-corrected chi connectivity index (χ1v) is 9.85. The topological polar surface area (TPSA) is 86.0 Å². The van der Waals surface area contributed by atoms with E-state index in [1.165, 1.54) is 25.0 Å². The van der Waals surface area contributed by atoms with Gasteiger partial charge in [0.05, 0.1) is 23.9 Å². The van der Waals surface area contributed by atoms with Crippen LogP contribution in [0.2, 0.25) is 5.02 Å². The molecule has 0 aliphatic heterocycles. The fourth-order valence-corrected chi connectivity index (χ4v) is 3.10. The van der Waals surface area contributed by atoms with Gasteiger partial charge in [-0.3, -0.25) is 15.5 Å². The number of hydrazone groups is 1. The molecular weight excluding hydrogens is 418 g/mol. The van der Waals surface area contributed by atoms with Crippen molar-refractivity contribution in [1.82, 2.24) is 0 Å². The van der Waals surface area contributed by atoms with Gasteiger partial charge in [0.2, 0.25) is 5.75 Å². The minimum absolute atomic E-state index is 0.0479. The number of nitrogens with zero attached hydrogens (tertiary/aromatic N) is 2. The van der Waals surface area contributed by atoms with E-state index in [4.69, 9.17) is 21.1 Å². The first-order valence-electron chi connectivity index (χ1n) is 9.47. The van der Waals surface area contributed by atoms with E-state index in [-0.39, 0.29) is 23.8 Å². The van der Waals surface area contributed by atoms with Crippen molar-refractivity contribution in [3.63, 3.8) is 0 Å². The third-order valence-corrected chi connectivity index (χ3v) is 4.90. The molecule has 0 heterocycles. The quantitative estimate of drug-likeness (QED) is 0.268. The van der Waals surface area contributed by atoms with Gasteiger partial charge < -0.3 is 9.47 Å². The van der Waals surface area contributed by atoms with E-state index in [1.54, 1.807) is 24.3 Å². The second-order valence-corrected chi connectivity index (χ2v) is 7.35. The van der Waals surface area contributed by atoms with Gasteiger partial charge in [-0.15, -0.1) is 0 Å². The summed E-state index contributed by atoms with van der Waals surface area (Å²) in [5.74, 6) is 0.288. The van der Waals surface area contributed by atoms with Crippen molar-refractivity contribution in [3.05, 3.63) is 92.0 Å². The normalized spacial score (nSPS) is 10.8. The lowest BCUT2D eigenvalue weighted by molar-refractivity contribution is -0.386. The number of aryl methyl sites for hydroxylation is 2. The van der Waals surface area contributed by atoms with Gasteiger partial charge in [0.1, 0.15) is 6.61 Å². The highest BCUT2D eigenvalue weighted by molar-refractivity contribution is 6.30. The number of nitro benzene ring substituents is 1. The summed E-state index contributed by atoms with van der Waals surface area (Å²) in [6.07, 6.45) is 1.49. The smallest absolute Gasteiger partial charge is 0.315 e. The third-order valence-electron chi connectivity index (χ3n) is 4.66. The molecule has 0 saturated heterocycles. The van der Waals surface area contributed by atoms with Crippen molar-refractivity contribution < 1.29 is 14.4 Å². The lowest BCUT2D eigenvalue weighted by atomic mass is 10.1. The van der Waals surface area contributed by atoms with Crippen LogP contribution >= 0.6 is 11.6 Å². The van der Waals surface area contributed by atoms with Crippen LogP contribution in [0.3, 0.4) is 0 Å². The van der Waals surface area contributed by atoms with Crippen LogP contribution in [0.5, 0.6) is 11.5 Å². The van der Waals surface area contributed by atoms with Crippen LogP contribution in [0.1, 0.15) is 22.3 Å². The third kappa shape index (κ3) is 5.73. The average Bonchev–Trinajstić information content (AvgIpc) is 2.74. The highest BCUT2D eigenvalue weighted by Crippen LogP contribution is 2.38. The number of hydrogen-bond acceptors (Lipinski definition) is 6. The second-order valence-electron chi connectivity index (χ2n) is 6.92. The van der Waals surface area contributed by atoms with Gasteiger partial charge in [-0.2, -0.15) is 5.10 Å². The Morgan fingerprint density at radius 1 is 1.13 bits per heavy atom. The zero-order valence-corrected chi connectivity index (χ0v) is 18.1. The summed E-state index contributed by atoms with van der Waals surface area (Å²) in [6.45, 7) is 4.16. The van der Waals surface area contributed by atoms with Gasteiger partial charge in [-0.05, 0) is 60.9 Å². The van der Waals surface area contributed by atoms with Crippen LogP contribution in [-0.2, 0) is 6.61 Å². The number of halogens is 1. The number of benzene rings is 3. The number of ether oxygens (including phenoxy) is 2. The van der Waals surface area contributed by atoms with Gasteiger partial charge >= 0.3 is 5.69 Å². The van der Waals surface area contributed by atoms with Crippen LogP contribution in [0.15, 0.2) is 59.7 Å². The second kappa shape index (κ2) is 9.95. The first kappa shape index (κ1) is 22.1. The molecule has 1 N–H and O–H groups in total. The molecule has 0 unspecified atom stereocenters. The lowest BCUT2D eigenvalue weighted by Gasteiger charge is -2.12. The van der Waals surface area contributed by atoms with E-state index < -0.39 is 4.92 Å². The van der Waals surface area contributed by atoms with E-state index in [2.05, 4.69) is 10.5 Å². The summed E-state index contributed by atoms with van der Waals surface area (Å²) < 4.78 is 11.1. The number of rotatable bonds is 8. The van der Waals surface area contributed by atoms with Crippen molar-refractivity contribution in [3.8, 4) is 11.5 Å². The Hall–Kier alpha value is -3.58. The SMILES string of the molecule is COc1cc(C=NNc2ccc(C)c(C)c2)cc([N+](=O)[O-])c1OCc1cccc(Cl)c1. The van der Waals surface area contributed by atoms with Crippen molar-refractivity contribution >= 4 is 29.2 Å². The first-order chi connectivity index (χ1) is 14.9. The molecule has 3 aromatic rings. The summed E-state index contributed by atoms with van der Waals surface area (Å²) in [7, 11) is 1.43. The van der Waals surface area contributed by atoms with E-state index in [0.717, 1.165) is 16.8 Å². The van der Waals surface area contributed by atoms with Gasteiger partial charge in [0.25, 0.3) is 0 Å². The monoisotopic (exact) mass is 439 g/mol. The molecule has 0 aromatic heterocycles. The number of methoxy groups -OCH3 is 1. The van der Waals surface area contributed by atoms with Crippen LogP contribution in [0, 0.1) is 24.0 Å². The largest absolute Gasteiger partial charge is 0.493 e. The van der Waals surface area contributed by atoms with Gasteiger partial charge in [-0.1, -0.05) is 29.8 Å². The number of hydrogen-bond donors (Lipinski definition) is 1. The number of nitro groups is 1. The Bertz CT molecular complexity index is 1130. The Morgan fingerprint density at radius 2 is 1.94 bits per heavy atom. The Labute approximate surface area is 185 Å². The molecule has 8 heteroatoms. The zero-order valence-electron chi connectivity index (χ0n) is 17.4. The lowest BCUT2D eigenvalue weighted by Crippen LogP contribution is -2.03. The fraction of sp³-hybridized carbons (Fsp3) is 0.174. The maximum atomic E-state index is 11.7. The van der Waals surface area contributed by atoms with Crippen molar-refractivity contribution in [2.24, 2.45) is 5.10 Å². The molecule has 0 aliphatic carbocycles. The van der Waals surface area contributed by atoms with Gasteiger partial charge in [0.15, 0.2) is 5.75 Å². The maximum Gasteiger partial charge on any atom is 0.315 e. The summed E-state index contributed by atoms with van der Waals surface area (Å²) in [4.78, 5) is 11.2. The van der Waals surface area contributed by atoms with Crippen LogP contribution in [0.4, 0.5) is 11.4 Å². The molecule has 31 heavy (non-hydrogen) atoms. The van der Waals surface area contributed by atoms with E-state index in [0.29, 0.717) is 10.6 Å². The number of anilines is 1. The van der Waals surface area contributed by atoms with Crippen molar-refractivity contribution in [1.29, 1.82) is 0 Å². The van der Waals surface area contributed by atoms with E-state index >= 15 is 0 Å². The molecule has 3 aromatic carbocycles.